The van der Waals surface area contributed by atoms with E-state index >= 15 is 0 Å². The van der Waals surface area contributed by atoms with Crippen LogP contribution in [-0.4, -0.2) is 31.9 Å². The first-order valence-corrected chi connectivity index (χ1v) is 10.6. The Labute approximate surface area is 189 Å². The van der Waals surface area contributed by atoms with Crippen LogP contribution >= 0.6 is 0 Å². The number of rotatable bonds is 5. The molecule has 0 saturated heterocycles. The van der Waals surface area contributed by atoms with Crippen LogP contribution in [0, 0.1) is 26.6 Å². The number of hydrogen-bond donors (Lipinski definition) is 3. The Morgan fingerprint density at radius 1 is 1.06 bits per heavy atom. The van der Waals surface area contributed by atoms with Crippen molar-refractivity contribution in [1.82, 2.24) is 14.5 Å². The predicted octanol–water partition coefficient (Wildman–Crippen LogP) is 3.83. The molecule has 4 rings (SSSR count). The second kappa shape index (κ2) is 8.54. The Balaban J connectivity index is 1.71. The first kappa shape index (κ1) is 22.3. The zero-order chi connectivity index (χ0) is 23.9. The van der Waals surface area contributed by atoms with Crippen LogP contribution in [0.4, 0.5) is 4.39 Å². The van der Waals surface area contributed by atoms with Crippen molar-refractivity contribution in [3.8, 4) is 11.6 Å². The second-order valence-corrected chi connectivity index (χ2v) is 8.14. The molecule has 2 aromatic carbocycles. The van der Waals surface area contributed by atoms with E-state index in [4.69, 9.17) is 0 Å². The number of fused-ring (bicyclic) bond motifs is 1. The average molecular weight is 448 g/mol. The topological polar surface area (TPSA) is 103 Å². The third-order valence-corrected chi connectivity index (χ3v) is 5.94. The minimum atomic E-state index is -0.931. The van der Waals surface area contributed by atoms with Gasteiger partial charge in [0, 0.05) is 28.9 Å². The molecule has 0 atom stereocenters. The fourth-order valence-corrected chi connectivity index (χ4v) is 4.25. The molecule has 2 aromatic heterocycles. The van der Waals surface area contributed by atoms with Gasteiger partial charge in [-0.25, -0.2) is 13.8 Å². The molecule has 0 spiro atoms. The highest BCUT2D eigenvalue weighted by molar-refractivity contribution is 6.00. The largest absolute Gasteiger partial charge is 0.493 e. The third-order valence-electron chi connectivity index (χ3n) is 5.94. The van der Waals surface area contributed by atoms with Crippen molar-refractivity contribution in [1.29, 1.82) is 0 Å². The van der Waals surface area contributed by atoms with Crippen LogP contribution in [0.3, 0.4) is 0 Å². The Morgan fingerprint density at radius 2 is 1.76 bits per heavy atom. The van der Waals surface area contributed by atoms with Gasteiger partial charge in [0.25, 0.3) is 5.56 Å². The van der Waals surface area contributed by atoms with Gasteiger partial charge < -0.3 is 10.1 Å². The van der Waals surface area contributed by atoms with E-state index in [9.17, 15) is 19.1 Å². The summed E-state index contributed by atoms with van der Waals surface area (Å²) in [5.41, 5.74) is 3.87. The van der Waals surface area contributed by atoms with Crippen LogP contribution < -0.4 is 11.2 Å². The Kier molecular flexibility index (Phi) is 5.76. The molecule has 0 aliphatic rings. The summed E-state index contributed by atoms with van der Waals surface area (Å²) >= 11 is 0. The smallest absolute Gasteiger partial charge is 0.335 e. The lowest BCUT2D eigenvalue weighted by Gasteiger charge is -2.12. The molecule has 33 heavy (non-hydrogen) atoms. The van der Waals surface area contributed by atoms with Crippen LogP contribution in [0.2, 0.25) is 0 Å². The van der Waals surface area contributed by atoms with E-state index in [1.54, 1.807) is 6.92 Å². The summed E-state index contributed by atoms with van der Waals surface area (Å²) < 4.78 is 15.0. The van der Waals surface area contributed by atoms with Gasteiger partial charge in [0.2, 0.25) is 5.88 Å². The molecule has 0 bridgehead atoms. The van der Waals surface area contributed by atoms with Gasteiger partial charge in [-0.05, 0) is 62.9 Å². The number of hydrogen-bond acceptors (Lipinski definition) is 4. The van der Waals surface area contributed by atoms with Crippen LogP contribution in [0.1, 0.15) is 34.9 Å². The molecule has 0 aliphatic carbocycles. The highest BCUT2D eigenvalue weighted by atomic mass is 19.1. The number of nitrogens with zero attached hydrogens (tertiary/aromatic N) is 2. The first-order chi connectivity index (χ1) is 15.7. The molecule has 0 saturated carbocycles. The number of nitrogens with one attached hydrogen (secondary N) is 2. The second-order valence-electron chi connectivity index (χ2n) is 8.14. The normalized spacial score (nSPS) is 12.0. The number of halogens is 1. The fourth-order valence-electron chi connectivity index (χ4n) is 4.25. The molecule has 2 heterocycles. The maximum absolute atomic E-state index is 14.3. The van der Waals surface area contributed by atoms with Gasteiger partial charge in [0.05, 0.1) is 5.69 Å². The number of aryl methyl sites for hydroxylation is 3. The number of para-hydroxylation sites is 1. The third kappa shape index (κ3) is 3.88. The highest BCUT2D eigenvalue weighted by Crippen LogP contribution is 2.28. The summed E-state index contributed by atoms with van der Waals surface area (Å²) in [6.45, 7) is 8.09. The van der Waals surface area contributed by atoms with Crippen molar-refractivity contribution in [3.63, 3.8) is 0 Å². The van der Waals surface area contributed by atoms with Crippen molar-refractivity contribution in [3.05, 3.63) is 91.0 Å². The van der Waals surface area contributed by atoms with Gasteiger partial charge in [-0.15, -0.1) is 0 Å². The van der Waals surface area contributed by atoms with Gasteiger partial charge in [-0.3, -0.25) is 14.8 Å². The predicted molar refractivity (Wildman–Crippen MR) is 128 cm³/mol. The maximum Gasteiger partial charge on any atom is 0.335 e. The average Bonchev–Trinajstić information content (AvgIpc) is 3.09. The van der Waals surface area contributed by atoms with Crippen LogP contribution in [0.25, 0.3) is 16.6 Å². The van der Waals surface area contributed by atoms with E-state index in [1.807, 2.05) is 6.92 Å². The number of aromatic hydroxyl groups is 1. The lowest BCUT2D eigenvalue weighted by atomic mass is 10.0. The van der Waals surface area contributed by atoms with E-state index < -0.39 is 22.9 Å². The molecule has 3 N–H and O–H groups in total. The molecule has 8 heteroatoms. The zero-order valence-corrected chi connectivity index (χ0v) is 18.9. The molecule has 0 unspecified atom stereocenters. The van der Waals surface area contributed by atoms with E-state index in [0.717, 1.165) is 26.9 Å². The van der Waals surface area contributed by atoms with Crippen LogP contribution in [0.5, 0.6) is 5.88 Å². The maximum atomic E-state index is 14.3. The molecule has 4 aromatic rings. The van der Waals surface area contributed by atoms with Gasteiger partial charge in [0.1, 0.15) is 11.4 Å². The van der Waals surface area contributed by atoms with Gasteiger partial charge in [0.15, 0.2) is 0 Å². The number of aromatic nitrogens is 3. The minimum Gasteiger partial charge on any atom is -0.493 e. The molecular weight excluding hydrogens is 423 g/mol. The van der Waals surface area contributed by atoms with Crippen molar-refractivity contribution < 1.29 is 9.50 Å². The van der Waals surface area contributed by atoms with Crippen LogP contribution in [-0.2, 0) is 6.42 Å². The number of H-pyrrole nitrogens is 2. The number of aliphatic imine (C=N–C) groups is 1. The minimum absolute atomic E-state index is 0.162. The summed E-state index contributed by atoms with van der Waals surface area (Å²) in [6.07, 6.45) is 0.624. The van der Waals surface area contributed by atoms with Gasteiger partial charge in [-0.1, -0.05) is 24.3 Å². The van der Waals surface area contributed by atoms with E-state index in [-0.39, 0.29) is 17.0 Å². The summed E-state index contributed by atoms with van der Waals surface area (Å²) in [5.74, 6) is -1.35. The molecule has 0 aliphatic heterocycles. The van der Waals surface area contributed by atoms with E-state index in [1.165, 1.54) is 35.2 Å². The van der Waals surface area contributed by atoms with Gasteiger partial charge in [-0.2, -0.15) is 0 Å². The molecule has 170 valence electrons. The molecule has 0 amide bonds. The van der Waals surface area contributed by atoms with Crippen molar-refractivity contribution in [2.75, 3.05) is 6.54 Å². The monoisotopic (exact) mass is 448 g/mol. The molecule has 7 nitrogen and oxygen atoms in total. The quantitative estimate of drug-likeness (QED) is 0.404. The first-order valence-electron chi connectivity index (χ1n) is 10.6. The molecule has 0 radical (unpaired) electrons. The number of benzene rings is 2. The zero-order valence-electron chi connectivity index (χ0n) is 18.9. The molecular formula is C25H25FN4O3. The lowest BCUT2D eigenvalue weighted by Crippen LogP contribution is -2.33. The SMILES string of the molecule is CC(=NCCc1c(C)[nH]c2c(C)ccc(C)c12)c1c(O)n(-c2ccccc2F)c(=O)[nH]c1=O. The number of aromatic amines is 2. The van der Waals surface area contributed by atoms with Crippen molar-refractivity contribution >= 4 is 16.6 Å². The highest BCUT2D eigenvalue weighted by Gasteiger charge is 2.20. The summed E-state index contributed by atoms with van der Waals surface area (Å²) in [6, 6.07) is 9.68. The van der Waals surface area contributed by atoms with Gasteiger partial charge >= 0.3 is 5.69 Å². The Morgan fingerprint density at radius 3 is 2.48 bits per heavy atom. The van der Waals surface area contributed by atoms with Crippen molar-refractivity contribution in [2.24, 2.45) is 4.99 Å². The lowest BCUT2D eigenvalue weighted by molar-refractivity contribution is 0.426. The summed E-state index contributed by atoms with van der Waals surface area (Å²) in [5, 5.41) is 11.9. The fraction of sp³-hybridized carbons (Fsp3) is 0.240. The van der Waals surface area contributed by atoms with E-state index in [2.05, 4.69) is 40.9 Å². The summed E-state index contributed by atoms with van der Waals surface area (Å²) in [4.78, 5) is 34.9. The van der Waals surface area contributed by atoms with Crippen LogP contribution in [0.15, 0.2) is 51.0 Å². The van der Waals surface area contributed by atoms with Crippen molar-refractivity contribution in [2.45, 2.75) is 34.1 Å². The Bertz CT molecular complexity index is 1530. The van der Waals surface area contributed by atoms with E-state index in [0.29, 0.717) is 13.0 Å². The Hall–Kier alpha value is -3.94. The molecule has 0 fully saturated rings. The standard InChI is InChI=1S/C25H25FN4O3/c1-13-9-10-14(2)22-20(13)17(15(3)28-22)11-12-27-16(4)21-23(31)29-25(33)30(24(21)32)19-8-6-5-7-18(19)26/h5-10,28,32H,11-12H2,1-4H3,(H,29,31,33). The summed E-state index contributed by atoms with van der Waals surface area (Å²) in [7, 11) is 0.